The van der Waals surface area contributed by atoms with Crippen LogP contribution in [0.25, 0.3) is 0 Å². The molecule has 1 heterocycles. The van der Waals surface area contributed by atoms with Gasteiger partial charge in [-0.2, -0.15) is 0 Å². The van der Waals surface area contributed by atoms with E-state index in [1.165, 1.54) is 5.56 Å². The van der Waals surface area contributed by atoms with Gasteiger partial charge in [-0.1, -0.05) is 30.3 Å². The molecule has 1 saturated heterocycles. The Morgan fingerprint density at radius 2 is 2.14 bits per heavy atom. The lowest BCUT2D eigenvalue weighted by atomic mass is 10.2. The first-order chi connectivity index (χ1) is 6.95. The summed E-state index contributed by atoms with van der Waals surface area (Å²) in [5.41, 5.74) is 1.22. The zero-order valence-corrected chi connectivity index (χ0v) is 8.19. The largest absolute Gasteiger partial charge is 0.376 e. The van der Waals surface area contributed by atoms with Gasteiger partial charge in [0.25, 0.3) is 0 Å². The third-order valence-electron chi connectivity index (χ3n) is 2.29. The van der Waals surface area contributed by atoms with Crippen molar-refractivity contribution in [1.82, 2.24) is 0 Å². The second kappa shape index (κ2) is 5.13. The van der Waals surface area contributed by atoms with Crippen molar-refractivity contribution < 1.29 is 9.47 Å². The fourth-order valence-corrected chi connectivity index (χ4v) is 1.52. The molecule has 0 N–H and O–H groups in total. The van der Waals surface area contributed by atoms with E-state index in [0.717, 1.165) is 13.0 Å². The highest BCUT2D eigenvalue weighted by molar-refractivity contribution is 5.13. The van der Waals surface area contributed by atoms with Gasteiger partial charge in [-0.3, -0.25) is 0 Å². The molecule has 1 fully saturated rings. The summed E-state index contributed by atoms with van der Waals surface area (Å²) in [5.74, 6) is 0. The molecule has 75 valence electrons. The van der Waals surface area contributed by atoms with Crippen LogP contribution in [-0.4, -0.2) is 19.3 Å². The van der Waals surface area contributed by atoms with E-state index in [9.17, 15) is 0 Å². The quantitative estimate of drug-likeness (QED) is 0.726. The summed E-state index contributed by atoms with van der Waals surface area (Å²) in [6.07, 6.45) is 3.45. The maximum absolute atomic E-state index is 5.56. The first-order valence-corrected chi connectivity index (χ1v) is 5.00. The minimum absolute atomic E-state index is 0.277. The first kappa shape index (κ1) is 9.69. The van der Waals surface area contributed by atoms with Crippen molar-refractivity contribution in [3.05, 3.63) is 42.3 Å². The van der Waals surface area contributed by atoms with Gasteiger partial charge in [0.05, 0.1) is 25.9 Å². The summed E-state index contributed by atoms with van der Waals surface area (Å²) in [7, 11) is 0. The molecule has 1 atom stereocenters. The maximum Gasteiger partial charge on any atom is 0.0812 e. The molecule has 0 spiro atoms. The van der Waals surface area contributed by atoms with Crippen molar-refractivity contribution in [3.8, 4) is 0 Å². The van der Waals surface area contributed by atoms with Gasteiger partial charge in [-0.05, 0) is 18.4 Å². The van der Waals surface area contributed by atoms with Crippen molar-refractivity contribution in [2.24, 2.45) is 0 Å². The second-order valence-corrected chi connectivity index (χ2v) is 3.48. The summed E-state index contributed by atoms with van der Waals surface area (Å²) in [4.78, 5) is 0. The van der Waals surface area contributed by atoms with Crippen LogP contribution in [0.15, 0.2) is 30.3 Å². The Bertz CT molecular complexity index is 252. The smallest absolute Gasteiger partial charge is 0.0812 e. The highest BCUT2D eigenvalue weighted by Gasteiger charge is 2.15. The van der Waals surface area contributed by atoms with E-state index in [4.69, 9.17) is 9.47 Å². The molecule has 2 rings (SSSR count). The third kappa shape index (κ3) is 2.82. The van der Waals surface area contributed by atoms with E-state index in [1.54, 1.807) is 0 Å². The minimum Gasteiger partial charge on any atom is -0.376 e. The summed E-state index contributed by atoms with van der Waals surface area (Å²) in [6, 6.07) is 10.2. The lowest BCUT2D eigenvalue weighted by molar-refractivity contribution is 0.0110. The predicted molar refractivity (Wildman–Crippen MR) is 54.8 cm³/mol. The lowest BCUT2D eigenvalue weighted by Gasteiger charge is -2.09. The van der Waals surface area contributed by atoms with Gasteiger partial charge in [0.2, 0.25) is 0 Å². The van der Waals surface area contributed by atoms with Gasteiger partial charge in [-0.25, -0.2) is 0 Å². The Labute approximate surface area is 84.8 Å². The molecule has 0 bridgehead atoms. The molecular formula is C12H15O2. The number of ether oxygens (including phenoxy) is 2. The molecule has 2 heteroatoms. The van der Waals surface area contributed by atoms with Crippen molar-refractivity contribution in [1.29, 1.82) is 0 Å². The Balaban J connectivity index is 1.67. The molecule has 0 amide bonds. The van der Waals surface area contributed by atoms with E-state index >= 15 is 0 Å². The zero-order chi connectivity index (χ0) is 9.64. The van der Waals surface area contributed by atoms with Crippen LogP contribution < -0.4 is 0 Å². The second-order valence-electron chi connectivity index (χ2n) is 3.48. The molecule has 1 aromatic carbocycles. The SMILES string of the molecule is [CH]1COC(COCc2ccccc2)C1. The fourth-order valence-electron chi connectivity index (χ4n) is 1.52. The third-order valence-corrected chi connectivity index (χ3v) is 2.29. The molecule has 1 radical (unpaired) electrons. The molecule has 0 aromatic heterocycles. The molecular weight excluding hydrogens is 176 g/mol. The first-order valence-electron chi connectivity index (χ1n) is 5.00. The topological polar surface area (TPSA) is 18.5 Å². The summed E-state index contributed by atoms with van der Waals surface area (Å²) in [6.45, 7) is 2.16. The van der Waals surface area contributed by atoms with Crippen LogP contribution >= 0.6 is 0 Å². The molecule has 0 aliphatic carbocycles. The monoisotopic (exact) mass is 191 g/mol. The number of hydrogen-bond donors (Lipinski definition) is 0. The molecule has 1 aliphatic heterocycles. The number of rotatable bonds is 4. The van der Waals surface area contributed by atoms with E-state index in [2.05, 4.69) is 18.6 Å². The molecule has 1 aromatic rings. The van der Waals surface area contributed by atoms with Crippen molar-refractivity contribution in [2.45, 2.75) is 19.1 Å². The van der Waals surface area contributed by atoms with Crippen LogP contribution in [0, 0.1) is 6.42 Å². The molecule has 14 heavy (non-hydrogen) atoms. The Morgan fingerprint density at radius 3 is 2.86 bits per heavy atom. The van der Waals surface area contributed by atoms with Crippen molar-refractivity contribution in [2.75, 3.05) is 13.2 Å². The molecule has 2 nitrogen and oxygen atoms in total. The lowest BCUT2D eigenvalue weighted by Crippen LogP contribution is -2.13. The summed E-state index contributed by atoms with van der Waals surface area (Å²) in [5, 5.41) is 0. The number of hydrogen-bond acceptors (Lipinski definition) is 2. The van der Waals surface area contributed by atoms with Crippen molar-refractivity contribution >= 4 is 0 Å². The maximum atomic E-state index is 5.56. The highest BCUT2D eigenvalue weighted by Crippen LogP contribution is 2.11. The highest BCUT2D eigenvalue weighted by atomic mass is 16.5. The summed E-state index contributed by atoms with van der Waals surface area (Å²) >= 11 is 0. The van der Waals surface area contributed by atoms with Crippen LogP contribution in [0.2, 0.25) is 0 Å². The number of benzene rings is 1. The molecule has 1 unspecified atom stereocenters. The van der Waals surface area contributed by atoms with Gasteiger partial charge in [0.15, 0.2) is 0 Å². The Morgan fingerprint density at radius 1 is 1.29 bits per heavy atom. The Kier molecular flexibility index (Phi) is 3.55. The minimum atomic E-state index is 0.277. The standard InChI is InChI=1S/C12H15O2/c1-2-5-11(6-3-1)9-13-10-12-7-4-8-14-12/h1-6,12H,7-10H2. The van der Waals surface area contributed by atoms with Gasteiger partial charge < -0.3 is 9.47 Å². The van der Waals surface area contributed by atoms with E-state index in [1.807, 2.05) is 18.2 Å². The van der Waals surface area contributed by atoms with Crippen molar-refractivity contribution in [3.63, 3.8) is 0 Å². The van der Waals surface area contributed by atoms with Crippen LogP contribution in [0.4, 0.5) is 0 Å². The van der Waals surface area contributed by atoms with E-state index in [0.29, 0.717) is 13.2 Å². The van der Waals surface area contributed by atoms with Crippen LogP contribution in [0.1, 0.15) is 12.0 Å². The van der Waals surface area contributed by atoms with Crippen LogP contribution in [0.3, 0.4) is 0 Å². The van der Waals surface area contributed by atoms with Gasteiger partial charge in [0.1, 0.15) is 0 Å². The summed E-state index contributed by atoms with van der Waals surface area (Å²) < 4.78 is 11.0. The van der Waals surface area contributed by atoms with Crippen LogP contribution in [0.5, 0.6) is 0 Å². The average molecular weight is 191 g/mol. The van der Waals surface area contributed by atoms with E-state index in [-0.39, 0.29) is 6.10 Å². The average Bonchev–Trinajstić information content (AvgIpc) is 2.72. The Hall–Kier alpha value is -0.860. The van der Waals surface area contributed by atoms with Gasteiger partial charge >= 0.3 is 0 Å². The normalized spacial score (nSPS) is 21.3. The fraction of sp³-hybridized carbons (Fsp3) is 0.417. The van der Waals surface area contributed by atoms with Gasteiger partial charge in [0, 0.05) is 0 Å². The molecule has 1 aliphatic rings. The van der Waals surface area contributed by atoms with Crippen LogP contribution in [-0.2, 0) is 16.1 Å². The molecule has 0 saturated carbocycles. The van der Waals surface area contributed by atoms with E-state index < -0.39 is 0 Å². The predicted octanol–water partition coefficient (Wildman–Crippen LogP) is 2.20. The zero-order valence-electron chi connectivity index (χ0n) is 8.19. The van der Waals surface area contributed by atoms with Gasteiger partial charge in [-0.15, -0.1) is 0 Å².